The minimum atomic E-state index is -0.713. The molecule has 2 heterocycles. The van der Waals surface area contributed by atoms with Crippen molar-refractivity contribution in [3.63, 3.8) is 0 Å². The van der Waals surface area contributed by atoms with Crippen LogP contribution in [0.4, 0.5) is 0 Å². The van der Waals surface area contributed by atoms with E-state index in [0.717, 1.165) is 44.6 Å². The molecule has 1 N–H and O–H groups in total. The number of aromatic nitrogens is 1. The van der Waals surface area contributed by atoms with Crippen LogP contribution in [0.1, 0.15) is 25.0 Å². The molecule has 0 radical (unpaired) electrons. The number of carboxylic acid groups (broad SMARTS) is 1. The first kappa shape index (κ1) is 15.9. The van der Waals surface area contributed by atoms with Gasteiger partial charge in [-0.2, -0.15) is 0 Å². The zero-order chi connectivity index (χ0) is 15.1. The predicted octanol–water partition coefficient (Wildman–Crippen LogP) is 1.49. The van der Waals surface area contributed by atoms with E-state index in [2.05, 4.69) is 20.9 Å². The Morgan fingerprint density at radius 1 is 1.43 bits per heavy atom. The van der Waals surface area contributed by atoms with Crippen molar-refractivity contribution >= 4 is 5.97 Å². The van der Waals surface area contributed by atoms with E-state index in [1.54, 1.807) is 0 Å². The summed E-state index contributed by atoms with van der Waals surface area (Å²) in [5.74, 6) is -0.713. The number of carbonyl (C=O) groups is 1. The van der Waals surface area contributed by atoms with Crippen LogP contribution in [0.25, 0.3) is 0 Å². The van der Waals surface area contributed by atoms with Crippen molar-refractivity contribution in [1.82, 2.24) is 14.8 Å². The molecule has 5 nitrogen and oxygen atoms in total. The number of aliphatic carboxylic acids is 1. The van der Waals surface area contributed by atoms with Crippen LogP contribution in [0.15, 0.2) is 24.4 Å². The number of likely N-dealkylation sites (tertiary alicyclic amines) is 1. The lowest BCUT2D eigenvalue weighted by Crippen LogP contribution is -2.44. The molecular weight excluding hydrogens is 266 g/mol. The molecule has 1 aliphatic heterocycles. The molecule has 1 fully saturated rings. The van der Waals surface area contributed by atoms with E-state index in [-0.39, 0.29) is 6.42 Å². The lowest BCUT2D eigenvalue weighted by atomic mass is 10.0. The van der Waals surface area contributed by atoms with Crippen molar-refractivity contribution in [1.29, 1.82) is 0 Å². The summed E-state index contributed by atoms with van der Waals surface area (Å²) in [6.07, 6.45) is 5.33. The second kappa shape index (κ2) is 8.10. The fraction of sp³-hybridized carbons (Fsp3) is 0.625. The summed E-state index contributed by atoms with van der Waals surface area (Å²) >= 11 is 0. The largest absolute Gasteiger partial charge is 0.481 e. The highest BCUT2D eigenvalue weighted by Gasteiger charge is 2.22. The SMILES string of the molecule is CN(CCC(=O)O)C1CCN(CCc2ccccn2)CC1. The van der Waals surface area contributed by atoms with Crippen LogP contribution in [0.2, 0.25) is 0 Å². The quantitative estimate of drug-likeness (QED) is 0.825. The van der Waals surface area contributed by atoms with E-state index in [9.17, 15) is 4.79 Å². The maximum Gasteiger partial charge on any atom is 0.304 e. The van der Waals surface area contributed by atoms with Crippen molar-refractivity contribution in [2.45, 2.75) is 31.7 Å². The Labute approximate surface area is 126 Å². The van der Waals surface area contributed by atoms with Crippen LogP contribution in [0.3, 0.4) is 0 Å². The number of nitrogens with zero attached hydrogens (tertiary/aromatic N) is 3. The van der Waals surface area contributed by atoms with Gasteiger partial charge >= 0.3 is 5.97 Å². The fourth-order valence-electron chi connectivity index (χ4n) is 2.86. The second-order valence-corrected chi connectivity index (χ2v) is 5.77. The van der Waals surface area contributed by atoms with Gasteiger partial charge in [-0.25, -0.2) is 0 Å². The molecule has 1 aromatic rings. The molecule has 0 aromatic carbocycles. The van der Waals surface area contributed by atoms with Crippen molar-refractivity contribution < 1.29 is 9.90 Å². The number of hydrogen-bond acceptors (Lipinski definition) is 4. The molecule has 0 atom stereocenters. The highest BCUT2D eigenvalue weighted by molar-refractivity contribution is 5.66. The lowest BCUT2D eigenvalue weighted by Gasteiger charge is -2.36. The van der Waals surface area contributed by atoms with E-state index in [1.165, 1.54) is 0 Å². The number of carboxylic acids is 1. The second-order valence-electron chi connectivity index (χ2n) is 5.77. The normalized spacial score (nSPS) is 17.2. The molecule has 1 saturated heterocycles. The Balaban J connectivity index is 1.67. The van der Waals surface area contributed by atoms with Gasteiger partial charge in [-0.3, -0.25) is 9.78 Å². The Kier molecular flexibility index (Phi) is 6.14. The number of pyridine rings is 1. The molecule has 0 saturated carbocycles. The summed E-state index contributed by atoms with van der Waals surface area (Å²) in [5.41, 5.74) is 1.15. The molecular formula is C16H25N3O2. The fourth-order valence-corrected chi connectivity index (χ4v) is 2.86. The van der Waals surface area contributed by atoms with Gasteiger partial charge in [0, 0.05) is 37.4 Å². The highest BCUT2D eigenvalue weighted by atomic mass is 16.4. The minimum absolute atomic E-state index is 0.233. The molecule has 1 aliphatic rings. The van der Waals surface area contributed by atoms with E-state index < -0.39 is 5.97 Å². The predicted molar refractivity (Wildman–Crippen MR) is 82.3 cm³/mol. The van der Waals surface area contributed by atoms with Crippen LogP contribution in [0, 0.1) is 0 Å². The van der Waals surface area contributed by atoms with Gasteiger partial charge in [-0.15, -0.1) is 0 Å². The Morgan fingerprint density at radius 2 is 2.19 bits per heavy atom. The van der Waals surface area contributed by atoms with Crippen molar-refractivity contribution in [3.05, 3.63) is 30.1 Å². The first-order chi connectivity index (χ1) is 10.1. The van der Waals surface area contributed by atoms with Gasteiger partial charge in [0.1, 0.15) is 0 Å². The van der Waals surface area contributed by atoms with Crippen LogP contribution < -0.4 is 0 Å². The third kappa shape index (κ3) is 5.44. The van der Waals surface area contributed by atoms with Crippen LogP contribution >= 0.6 is 0 Å². The molecule has 1 aromatic heterocycles. The van der Waals surface area contributed by atoms with E-state index in [4.69, 9.17) is 5.11 Å². The molecule has 0 aliphatic carbocycles. The van der Waals surface area contributed by atoms with Gasteiger partial charge in [0.05, 0.1) is 6.42 Å². The van der Waals surface area contributed by atoms with E-state index >= 15 is 0 Å². The summed E-state index contributed by atoms with van der Waals surface area (Å²) in [5, 5.41) is 8.74. The minimum Gasteiger partial charge on any atom is -0.481 e. The maximum atomic E-state index is 10.6. The first-order valence-electron chi connectivity index (χ1n) is 7.69. The molecule has 5 heteroatoms. The first-order valence-corrected chi connectivity index (χ1v) is 7.69. The number of rotatable bonds is 7. The molecule has 116 valence electrons. The summed E-state index contributed by atoms with van der Waals surface area (Å²) in [6.45, 7) is 3.89. The Bertz CT molecular complexity index is 430. The summed E-state index contributed by atoms with van der Waals surface area (Å²) in [6, 6.07) is 6.58. The van der Waals surface area contributed by atoms with Crippen molar-refractivity contribution in [2.75, 3.05) is 33.2 Å². The average Bonchev–Trinajstić information content (AvgIpc) is 2.52. The summed E-state index contributed by atoms with van der Waals surface area (Å²) < 4.78 is 0. The van der Waals surface area contributed by atoms with Gasteiger partial charge in [0.2, 0.25) is 0 Å². The van der Waals surface area contributed by atoms with Crippen LogP contribution in [-0.4, -0.2) is 65.1 Å². The van der Waals surface area contributed by atoms with E-state index in [0.29, 0.717) is 12.6 Å². The summed E-state index contributed by atoms with van der Waals surface area (Å²) in [4.78, 5) is 19.7. The van der Waals surface area contributed by atoms with Gasteiger partial charge in [0.15, 0.2) is 0 Å². The smallest absolute Gasteiger partial charge is 0.304 e. The molecule has 21 heavy (non-hydrogen) atoms. The molecule has 0 bridgehead atoms. The van der Waals surface area contributed by atoms with Gasteiger partial charge < -0.3 is 14.9 Å². The number of piperidine rings is 1. The molecule has 2 rings (SSSR count). The van der Waals surface area contributed by atoms with E-state index in [1.807, 2.05) is 25.4 Å². The lowest BCUT2D eigenvalue weighted by molar-refractivity contribution is -0.137. The third-order valence-electron chi connectivity index (χ3n) is 4.27. The van der Waals surface area contributed by atoms with Crippen LogP contribution in [-0.2, 0) is 11.2 Å². The standard InChI is InChI=1S/C16H25N3O2/c1-18(10-8-16(20)21)15-6-12-19(13-7-15)11-5-14-4-2-3-9-17-14/h2-4,9,15H,5-8,10-13H2,1H3,(H,20,21). The Morgan fingerprint density at radius 3 is 2.81 bits per heavy atom. The molecule has 0 amide bonds. The van der Waals surface area contributed by atoms with Gasteiger partial charge in [-0.1, -0.05) is 6.07 Å². The topological polar surface area (TPSA) is 56.7 Å². The summed E-state index contributed by atoms with van der Waals surface area (Å²) in [7, 11) is 2.04. The molecule has 0 spiro atoms. The number of hydrogen-bond donors (Lipinski definition) is 1. The Hall–Kier alpha value is -1.46. The zero-order valence-electron chi connectivity index (χ0n) is 12.7. The van der Waals surface area contributed by atoms with Gasteiger partial charge in [-0.05, 0) is 45.1 Å². The third-order valence-corrected chi connectivity index (χ3v) is 4.27. The zero-order valence-corrected chi connectivity index (χ0v) is 12.7. The van der Waals surface area contributed by atoms with Crippen molar-refractivity contribution in [2.24, 2.45) is 0 Å². The maximum absolute atomic E-state index is 10.6. The van der Waals surface area contributed by atoms with Crippen LogP contribution in [0.5, 0.6) is 0 Å². The monoisotopic (exact) mass is 291 g/mol. The van der Waals surface area contributed by atoms with Gasteiger partial charge in [0.25, 0.3) is 0 Å². The van der Waals surface area contributed by atoms with Crippen molar-refractivity contribution in [3.8, 4) is 0 Å². The highest BCUT2D eigenvalue weighted by Crippen LogP contribution is 2.16. The molecule has 0 unspecified atom stereocenters. The average molecular weight is 291 g/mol.